The van der Waals surface area contributed by atoms with E-state index in [1.54, 1.807) is 0 Å². The van der Waals surface area contributed by atoms with E-state index in [4.69, 9.17) is 4.74 Å². The van der Waals surface area contributed by atoms with Crippen LogP contribution < -0.4 is 4.90 Å². The van der Waals surface area contributed by atoms with Crippen LogP contribution in [0.3, 0.4) is 0 Å². The van der Waals surface area contributed by atoms with Crippen molar-refractivity contribution in [1.29, 1.82) is 0 Å². The van der Waals surface area contributed by atoms with Crippen LogP contribution in [0.15, 0.2) is 18.3 Å². The van der Waals surface area contributed by atoms with Gasteiger partial charge in [0.2, 0.25) is 0 Å². The van der Waals surface area contributed by atoms with Crippen LogP contribution in [0, 0.1) is 0 Å². The molecule has 16 heavy (non-hydrogen) atoms. The van der Waals surface area contributed by atoms with Crippen molar-refractivity contribution in [2.24, 2.45) is 0 Å². The Morgan fingerprint density at radius 1 is 1.50 bits per heavy atom. The molecule has 1 rings (SSSR count). The Labute approximate surface area is 106 Å². The lowest BCUT2D eigenvalue weighted by Crippen LogP contribution is -2.25. The fourth-order valence-electron chi connectivity index (χ4n) is 1.41. The molecule has 0 saturated heterocycles. The van der Waals surface area contributed by atoms with Crippen LogP contribution in [0.1, 0.15) is 19.4 Å². The molecule has 1 heterocycles. The van der Waals surface area contributed by atoms with Crippen LogP contribution in [-0.2, 0) is 10.1 Å². The number of rotatable bonds is 6. The van der Waals surface area contributed by atoms with Crippen LogP contribution in [0.25, 0.3) is 0 Å². The summed E-state index contributed by atoms with van der Waals surface area (Å²) in [4.78, 5) is 6.51. The first-order chi connectivity index (χ1) is 7.65. The zero-order valence-electron chi connectivity index (χ0n) is 10.1. The predicted molar refractivity (Wildman–Crippen MR) is 71.2 cm³/mol. The smallest absolute Gasteiger partial charge is 0.132 e. The van der Waals surface area contributed by atoms with Crippen molar-refractivity contribution in [1.82, 2.24) is 4.98 Å². The van der Waals surface area contributed by atoms with Gasteiger partial charge < -0.3 is 9.64 Å². The lowest BCUT2D eigenvalue weighted by atomic mass is 10.3. The second-order valence-corrected chi connectivity index (χ2v) is 4.52. The van der Waals surface area contributed by atoms with Crippen molar-refractivity contribution in [3.63, 3.8) is 0 Å². The van der Waals surface area contributed by atoms with Gasteiger partial charge in [-0.15, -0.1) is 0 Å². The number of aromatic nitrogens is 1. The minimum absolute atomic E-state index is 0.285. The summed E-state index contributed by atoms with van der Waals surface area (Å²) in [5.74, 6) is 1.02. The van der Waals surface area contributed by atoms with Gasteiger partial charge in [-0.3, -0.25) is 0 Å². The van der Waals surface area contributed by atoms with Gasteiger partial charge in [0.25, 0.3) is 0 Å². The lowest BCUT2D eigenvalue weighted by molar-refractivity contribution is 0.0845. The van der Waals surface area contributed by atoms with Gasteiger partial charge in [0.05, 0.1) is 12.7 Å². The highest BCUT2D eigenvalue weighted by atomic mass is 79.9. The van der Waals surface area contributed by atoms with Gasteiger partial charge >= 0.3 is 0 Å². The monoisotopic (exact) mass is 286 g/mol. The van der Waals surface area contributed by atoms with Gasteiger partial charge in [-0.2, -0.15) is 0 Å². The van der Waals surface area contributed by atoms with E-state index in [0.717, 1.165) is 24.3 Å². The van der Waals surface area contributed by atoms with Crippen LogP contribution in [-0.4, -0.2) is 31.3 Å². The Morgan fingerprint density at radius 3 is 2.88 bits per heavy atom. The molecule has 0 unspecified atom stereocenters. The number of anilines is 1. The van der Waals surface area contributed by atoms with E-state index in [2.05, 4.69) is 31.9 Å². The second-order valence-electron chi connectivity index (χ2n) is 3.96. The summed E-state index contributed by atoms with van der Waals surface area (Å²) < 4.78 is 5.53. The average molecular weight is 287 g/mol. The third-order valence-electron chi connectivity index (χ3n) is 2.25. The first kappa shape index (κ1) is 13.5. The maximum absolute atomic E-state index is 5.53. The summed E-state index contributed by atoms with van der Waals surface area (Å²) in [5, 5.41) is 0.825. The normalized spacial score (nSPS) is 10.8. The molecule has 3 nitrogen and oxygen atoms in total. The minimum Gasteiger partial charge on any atom is -0.377 e. The summed E-state index contributed by atoms with van der Waals surface area (Å²) in [7, 11) is 2.04. The summed E-state index contributed by atoms with van der Waals surface area (Å²) in [6, 6.07) is 4.04. The molecule has 1 aromatic rings. The van der Waals surface area contributed by atoms with E-state index in [1.807, 2.05) is 33.2 Å². The quantitative estimate of drug-likeness (QED) is 0.752. The number of hydrogen-bond donors (Lipinski definition) is 0. The van der Waals surface area contributed by atoms with Crippen molar-refractivity contribution in [3.05, 3.63) is 23.9 Å². The maximum Gasteiger partial charge on any atom is 0.132 e. The Hall–Kier alpha value is -0.610. The van der Waals surface area contributed by atoms with Crippen molar-refractivity contribution in [3.8, 4) is 0 Å². The number of nitrogens with zero attached hydrogens (tertiary/aromatic N) is 2. The molecule has 0 spiro atoms. The van der Waals surface area contributed by atoms with Gasteiger partial charge in [0, 0.05) is 30.7 Å². The van der Waals surface area contributed by atoms with E-state index >= 15 is 0 Å². The molecule has 0 aromatic carbocycles. The van der Waals surface area contributed by atoms with Gasteiger partial charge in [0.15, 0.2) is 0 Å². The molecule has 0 bridgehead atoms. The van der Waals surface area contributed by atoms with Crippen molar-refractivity contribution < 1.29 is 4.74 Å². The first-order valence-corrected chi connectivity index (χ1v) is 6.60. The first-order valence-electron chi connectivity index (χ1n) is 5.47. The summed E-state index contributed by atoms with van der Waals surface area (Å²) in [6.45, 7) is 5.68. The summed E-state index contributed by atoms with van der Waals surface area (Å²) in [6.07, 6.45) is 2.11. The molecule has 0 radical (unpaired) electrons. The largest absolute Gasteiger partial charge is 0.377 e. The summed E-state index contributed by atoms with van der Waals surface area (Å²) >= 11 is 3.47. The SMILES string of the molecule is CC(C)OCCN(C)c1ncccc1CBr. The van der Waals surface area contributed by atoms with E-state index in [9.17, 15) is 0 Å². The van der Waals surface area contributed by atoms with E-state index < -0.39 is 0 Å². The van der Waals surface area contributed by atoms with Gasteiger partial charge in [-0.1, -0.05) is 22.0 Å². The van der Waals surface area contributed by atoms with Crippen molar-refractivity contribution in [2.75, 3.05) is 25.1 Å². The molecule has 0 saturated carbocycles. The van der Waals surface area contributed by atoms with Crippen LogP contribution >= 0.6 is 15.9 Å². The Morgan fingerprint density at radius 2 is 2.25 bits per heavy atom. The van der Waals surface area contributed by atoms with Crippen LogP contribution in [0.5, 0.6) is 0 Å². The Kier molecular flexibility index (Phi) is 5.77. The predicted octanol–water partition coefficient (Wildman–Crippen LogP) is 2.84. The number of alkyl halides is 1. The molecule has 0 fully saturated rings. The Balaban J connectivity index is 2.55. The lowest BCUT2D eigenvalue weighted by Gasteiger charge is -2.21. The van der Waals surface area contributed by atoms with Gasteiger partial charge in [-0.05, 0) is 19.9 Å². The average Bonchev–Trinajstić information content (AvgIpc) is 2.28. The highest BCUT2D eigenvalue weighted by molar-refractivity contribution is 9.08. The standard InChI is InChI=1S/C12H19BrN2O/c1-10(2)16-8-7-15(3)12-11(9-13)5-4-6-14-12/h4-6,10H,7-9H2,1-3H3. The molecular weight excluding hydrogens is 268 g/mol. The molecule has 0 aliphatic carbocycles. The number of ether oxygens (including phenoxy) is 1. The third-order valence-corrected chi connectivity index (χ3v) is 2.86. The van der Waals surface area contributed by atoms with Gasteiger partial charge in [-0.25, -0.2) is 4.98 Å². The number of likely N-dealkylation sites (N-methyl/N-ethyl adjacent to an activating group) is 1. The number of hydrogen-bond acceptors (Lipinski definition) is 3. The minimum atomic E-state index is 0.285. The van der Waals surface area contributed by atoms with Crippen LogP contribution in [0.2, 0.25) is 0 Å². The van der Waals surface area contributed by atoms with Crippen molar-refractivity contribution >= 4 is 21.7 Å². The van der Waals surface area contributed by atoms with E-state index in [-0.39, 0.29) is 6.10 Å². The molecule has 1 aromatic heterocycles. The van der Waals surface area contributed by atoms with Crippen molar-refractivity contribution in [2.45, 2.75) is 25.3 Å². The maximum atomic E-state index is 5.53. The molecule has 0 aliphatic rings. The number of halogens is 1. The molecule has 0 N–H and O–H groups in total. The fourth-order valence-corrected chi connectivity index (χ4v) is 1.85. The molecule has 0 amide bonds. The molecule has 4 heteroatoms. The highest BCUT2D eigenvalue weighted by Gasteiger charge is 2.07. The third kappa shape index (κ3) is 4.10. The Bertz CT molecular complexity index is 318. The highest BCUT2D eigenvalue weighted by Crippen LogP contribution is 2.18. The second kappa shape index (κ2) is 6.86. The van der Waals surface area contributed by atoms with Gasteiger partial charge in [0.1, 0.15) is 5.82 Å². The zero-order valence-corrected chi connectivity index (χ0v) is 11.7. The summed E-state index contributed by atoms with van der Waals surface area (Å²) in [5.41, 5.74) is 1.20. The molecule has 0 atom stereocenters. The topological polar surface area (TPSA) is 25.4 Å². The molecule has 0 aliphatic heterocycles. The van der Waals surface area contributed by atoms with E-state index in [0.29, 0.717) is 0 Å². The molecule has 90 valence electrons. The molecular formula is C12H19BrN2O. The fraction of sp³-hybridized carbons (Fsp3) is 0.583. The number of pyridine rings is 1. The van der Waals surface area contributed by atoms with E-state index in [1.165, 1.54) is 5.56 Å². The zero-order chi connectivity index (χ0) is 12.0. The van der Waals surface area contributed by atoms with Crippen LogP contribution in [0.4, 0.5) is 5.82 Å².